The lowest BCUT2D eigenvalue weighted by Gasteiger charge is -2.36. The van der Waals surface area contributed by atoms with Crippen LogP contribution in [0.3, 0.4) is 0 Å². The zero-order chi connectivity index (χ0) is 27.0. The summed E-state index contributed by atoms with van der Waals surface area (Å²) < 4.78 is 20.3. The number of amides is 2. The van der Waals surface area contributed by atoms with E-state index >= 15 is 0 Å². The largest absolute Gasteiger partial charge is 0.373 e. The Hall–Kier alpha value is -2.27. The van der Waals surface area contributed by atoms with Crippen molar-refractivity contribution in [3.05, 3.63) is 52.6 Å². The predicted molar refractivity (Wildman–Crippen MR) is 144 cm³/mol. The number of imidazole rings is 1. The third-order valence-electron chi connectivity index (χ3n) is 7.01. The van der Waals surface area contributed by atoms with Gasteiger partial charge in [0.05, 0.1) is 27.9 Å². The van der Waals surface area contributed by atoms with Crippen molar-refractivity contribution >= 4 is 34.2 Å². The van der Waals surface area contributed by atoms with E-state index < -0.39 is 25.9 Å². The summed E-state index contributed by atoms with van der Waals surface area (Å²) in [6, 6.07) is 7.22. The number of fused-ring (bicyclic) bond motifs is 1. The summed E-state index contributed by atoms with van der Waals surface area (Å²) in [5.41, 5.74) is 6.57. The number of nitrogens with zero attached hydrogens (tertiary/aromatic N) is 3. The highest BCUT2D eigenvalue weighted by atomic mass is 35.5. The molecule has 2 amide bonds. The fourth-order valence-corrected chi connectivity index (χ4v) is 6.62. The first-order valence-corrected chi connectivity index (χ1v) is 14.0. The van der Waals surface area contributed by atoms with Crippen LogP contribution >= 0.6 is 11.6 Å². The van der Waals surface area contributed by atoms with E-state index in [2.05, 4.69) is 10.3 Å². The highest BCUT2D eigenvalue weighted by molar-refractivity contribution is 7.88. The minimum atomic E-state index is -1.22. The van der Waals surface area contributed by atoms with Gasteiger partial charge in [0.1, 0.15) is 5.69 Å². The topological polar surface area (TPSA) is 120 Å². The van der Waals surface area contributed by atoms with Gasteiger partial charge >= 0.3 is 0 Å². The summed E-state index contributed by atoms with van der Waals surface area (Å²) in [7, 11) is -1.22. The number of hydrogen-bond acceptors (Lipinski definition) is 6. The molecule has 1 aliphatic carbocycles. The van der Waals surface area contributed by atoms with Crippen molar-refractivity contribution in [3.8, 4) is 0 Å². The summed E-state index contributed by atoms with van der Waals surface area (Å²) in [4.78, 5) is 32.1. The zero-order valence-electron chi connectivity index (χ0n) is 21.9. The number of ether oxygens (including phenoxy) is 1. The molecule has 1 saturated carbocycles. The number of nitrogens with one attached hydrogen (secondary N) is 1. The molecule has 2 heterocycles. The molecule has 0 spiro atoms. The molecule has 9 nitrogen and oxygen atoms in total. The molecular formula is C26H36ClN5O4S. The average Bonchev–Trinajstić information content (AvgIpc) is 3.52. The fraction of sp³-hybridized carbons (Fsp3) is 0.577. The van der Waals surface area contributed by atoms with Gasteiger partial charge in [-0.3, -0.25) is 13.8 Å². The number of benzene rings is 1. The van der Waals surface area contributed by atoms with Crippen molar-refractivity contribution in [2.45, 2.75) is 68.7 Å². The van der Waals surface area contributed by atoms with E-state index in [9.17, 15) is 13.8 Å². The highest BCUT2D eigenvalue weighted by Gasteiger charge is 2.55. The van der Waals surface area contributed by atoms with E-state index in [0.717, 1.165) is 18.4 Å². The number of carbonyl (C=O) groups excluding carboxylic acids is 2. The maximum Gasteiger partial charge on any atom is 0.287 e. The second kappa shape index (κ2) is 10.5. The molecule has 1 aliphatic heterocycles. The van der Waals surface area contributed by atoms with Gasteiger partial charge in [-0.15, -0.1) is 0 Å². The fourth-order valence-electron chi connectivity index (χ4n) is 4.41. The number of nitrogens with two attached hydrogens (primary N) is 1. The summed E-state index contributed by atoms with van der Waals surface area (Å²) in [6.07, 6.45) is 3.05. The third-order valence-corrected chi connectivity index (χ3v) is 9.71. The van der Waals surface area contributed by atoms with Crippen molar-refractivity contribution in [3.63, 3.8) is 0 Å². The van der Waals surface area contributed by atoms with Gasteiger partial charge in [-0.25, -0.2) is 4.98 Å². The standard InChI is InChI=1S/C26H36ClN5O4S/c1-24(2,15-28)36-17-25(3,4)37(35)26(9-10-26)16-31-11-12-32-20(23(31)34)14-29-21(32)22(33)30-13-18-5-7-19(27)8-6-18/h5-8,14H,9-13,15-17,28H2,1-4H3,(H,30,33). The Balaban J connectivity index is 1.39. The predicted octanol–water partition coefficient (Wildman–Crippen LogP) is 2.74. The first-order valence-electron chi connectivity index (χ1n) is 12.5. The van der Waals surface area contributed by atoms with Crippen LogP contribution in [-0.4, -0.2) is 71.8 Å². The number of rotatable bonds is 11. The van der Waals surface area contributed by atoms with Crippen LogP contribution in [0, 0.1) is 0 Å². The summed E-state index contributed by atoms with van der Waals surface area (Å²) in [6.45, 7) is 10.0. The maximum atomic E-state index is 13.7. The normalized spacial score (nSPS) is 17.9. The second-order valence-electron chi connectivity index (χ2n) is 11.1. The number of halogens is 1. The molecule has 2 aliphatic rings. The SMILES string of the molecule is CC(C)(CN)OCC(C)(C)S(=O)C1(CN2CCn3c(cnc3C(=O)NCc3ccc(Cl)cc3)C2=O)CC1. The molecule has 1 aromatic carbocycles. The summed E-state index contributed by atoms with van der Waals surface area (Å²) >= 11 is 5.92. The van der Waals surface area contributed by atoms with Gasteiger partial charge < -0.3 is 25.3 Å². The van der Waals surface area contributed by atoms with Crippen LogP contribution < -0.4 is 11.1 Å². The Morgan fingerprint density at radius 3 is 2.51 bits per heavy atom. The van der Waals surface area contributed by atoms with Gasteiger partial charge in [0.25, 0.3) is 11.8 Å². The van der Waals surface area contributed by atoms with Gasteiger partial charge in [-0.1, -0.05) is 23.7 Å². The minimum Gasteiger partial charge on any atom is -0.373 e. The van der Waals surface area contributed by atoms with E-state index in [1.54, 1.807) is 21.6 Å². The highest BCUT2D eigenvalue weighted by Crippen LogP contribution is 2.47. The van der Waals surface area contributed by atoms with Crippen molar-refractivity contribution in [2.24, 2.45) is 5.73 Å². The number of hydrogen-bond donors (Lipinski definition) is 2. The zero-order valence-corrected chi connectivity index (χ0v) is 23.5. The number of aromatic nitrogens is 2. The van der Waals surface area contributed by atoms with Gasteiger partial charge in [0.15, 0.2) is 5.82 Å². The Labute approximate surface area is 225 Å². The van der Waals surface area contributed by atoms with E-state index in [4.69, 9.17) is 22.1 Å². The Kier molecular flexibility index (Phi) is 7.86. The van der Waals surface area contributed by atoms with Crippen LogP contribution in [0.2, 0.25) is 5.02 Å². The van der Waals surface area contributed by atoms with Crippen molar-refractivity contribution in [1.82, 2.24) is 19.8 Å². The van der Waals surface area contributed by atoms with E-state index in [1.807, 2.05) is 39.8 Å². The van der Waals surface area contributed by atoms with Gasteiger partial charge in [0, 0.05) is 48.5 Å². The molecule has 37 heavy (non-hydrogen) atoms. The van der Waals surface area contributed by atoms with Gasteiger partial charge in [0.2, 0.25) is 0 Å². The molecule has 0 bridgehead atoms. The van der Waals surface area contributed by atoms with Crippen molar-refractivity contribution < 1.29 is 18.5 Å². The second-order valence-corrected chi connectivity index (χ2v) is 14.1. The molecule has 1 atom stereocenters. The first kappa shape index (κ1) is 27.8. The van der Waals surface area contributed by atoms with Crippen LogP contribution in [-0.2, 0) is 28.6 Å². The maximum absolute atomic E-state index is 13.7. The van der Waals surface area contributed by atoms with E-state index in [1.165, 1.54) is 6.20 Å². The number of carbonyl (C=O) groups is 2. The molecule has 11 heteroatoms. The monoisotopic (exact) mass is 549 g/mol. The van der Waals surface area contributed by atoms with Crippen molar-refractivity contribution in [1.29, 1.82) is 0 Å². The van der Waals surface area contributed by atoms with Crippen LogP contribution in [0.5, 0.6) is 0 Å². The molecular weight excluding hydrogens is 514 g/mol. The van der Waals surface area contributed by atoms with Crippen LogP contribution in [0.25, 0.3) is 0 Å². The molecule has 4 rings (SSSR count). The average molecular weight is 550 g/mol. The molecule has 1 fully saturated rings. The lowest BCUT2D eigenvalue weighted by molar-refractivity contribution is -0.0188. The first-order chi connectivity index (χ1) is 17.4. The molecule has 2 aromatic rings. The Morgan fingerprint density at radius 2 is 1.89 bits per heavy atom. The van der Waals surface area contributed by atoms with E-state index in [0.29, 0.717) is 50.0 Å². The Bertz CT molecular complexity index is 1190. The molecule has 0 saturated heterocycles. The Morgan fingerprint density at radius 1 is 1.22 bits per heavy atom. The van der Waals surface area contributed by atoms with Gasteiger partial charge in [-0.05, 0) is 58.2 Å². The quantitative estimate of drug-likeness (QED) is 0.445. The summed E-state index contributed by atoms with van der Waals surface area (Å²) in [5.74, 6) is -0.330. The molecule has 202 valence electrons. The van der Waals surface area contributed by atoms with Crippen molar-refractivity contribution in [2.75, 3.05) is 26.2 Å². The molecule has 3 N–H and O–H groups in total. The lowest BCUT2D eigenvalue weighted by atomic mass is 10.1. The summed E-state index contributed by atoms with van der Waals surface area (Å²) in [5, 5.41) is 3.48. The molecule has 1 aromatic heterocycles. The van der Waals surface area contributed by atoms with E-state index in [-0.39, 0.29) is 17.6 Å². The van der Waals surface area contributed by atoms with Gasteiger partial charge in [-0.2, -0.15) is 0 Å². The van der Waals surface area contributed by atoms with Crippen LogP contribution in [0.15, 0.2) is 30.5 Å². The molecule has 1 unspecified atom stereocenters. The van der Waals surface area contributed by atoms with Crippen LogP contribution in [0.4, 0.5) is 0 Å². The third kappa shape index (κ3) is 6.08. The molecule has 0 radical (unpaired) electrons. The lowest BCUT2D eigenvalue weighted by Crippen LogP contribution is -2.50. The minimum absolute atomic E-state index is 0.197. The smallest absolute Gasteiger partial charge is 0.287 e. The van der Waals surface area contributed by atoms with Crippen LogP contribution in [0.1, 0.15) is 67.2 Å².